The van der Waals surface area contributed by atoms with Gasteiger partial charge in [-0.15, -0.1) is 0 Å². The molecule has 0 amide bonds. The molecule has 2 nitrogen and oxygen atoms in total. The predicted molar refractivity (Wildman–Crippen MR) is 62.8 cm³/mol. The zero-order valence-electron chi connectivity index (χ0n) is 8.53. The van der Waals surface area contributed by atoms with E-state index in [1.165, 1.54) is 22.9 Å². The second-order valence-electron chi connectivity index (χ2n) is 4.03. The van der Waals surface area contributed by atoms with Gasteiger partial charge in [-0.05, 0) is 35.7 Å². The van der Waals surface area contributed by atoms with Gasteiger partial charge in [-0.2, -0.15) is 0 Å². The average Bonchev–Trinajstić information content (AvgIpc) is 2.77. The first-order valence-electron chi connectivity index (χ1n) is 5.40. The molecule has 1 aromatic heterocycles. The second-order valence-corrected chi connectivity index (χ2v) is 4.03. The van der Waals surface area contributed by atoms with Gasteiger partial charge in [0.05, 0.1) is 0 Å². The molecule has 1 unspecified atom stereocenters. The van der Waals surface area contributed by atoms with E-state index in [9.17, 15) is 0 Å². The second kappa shape index (κ2) is 3.46. The number of hydrogen-bond acceptors (Lipinski definition) is 1. The summed E-state index contributed by atoms with van der Waals surface area (Å²) in [6, 6.07) is 8.79. The molecule has 1 aliphatic heterocycles. The van der Waals surface area contributed by atoms with Crippen molar-refractivity contribution >= 4 is 10.9 Å². The highest BCUT2D eigenvalue weighted by Crippen LogP contribution is 2.25. The van der Waals surface area contributed by atoms with Crippen LogP contribution in [-0.2, 0) is 0 Å². The van der Waals surface area contributed by atoms with Crippen molar-refractivity contribution in [3.05, 3.63) is 48.3 Å². The van der Waals surface area contributed by atoms with Crippen LogP contribution in [0.5, 0.6) is 0 Å². The van der Waals surface area contributed by atoms with Gasteiger partial charge in [0.2, 0.25) is 0 Å². The number of rotatable bonds is 1. The third-order valence-electron chi connectivity index (χ3n) is 3.05. The third-order valence-corrected chi connectivity index (χ3v) is 3.05. The van der Waals surface area contributed by atoms with Crippen molar-refractivity contribution in [1.82, 2.24) is 10.3 Å². The Hall–Kier alpha value is -1.70. The summed E-state index contributed by atoms with van der Waals surface area (Å²) in [5, 5.41) is 4.52. The van der Waals surface area contributed by atoms with Gasteiger partial charge in [-0.3, -0.25) is 0 Å². The van der Waals surface area contributed by atoms with E-state index in [-0.39, 0.29) is 0 Å². The molecule has 0 bridgehead atoms. The molecule has 0 saturated heterocycles. The highest BCUT2D eigenvalue weighted by atomic mass is 14.8. The summed E-state index contributed by atoms with van der Waals surface area (Å²) >= 11 is 0. The number of benzene rings is 1. The molecule has 0 saturated carbocycles. The van der Waals surface area contributed by atoms with Crippen molar-refractivity contribution in [1.29, 1.82) is 0 Å². The van der Waals surface area contributed by atoms with Crippen LogP contribution in [0.3, 0.4) is 0 Å². The zero-order valence-corrected chi connectivity index (χ0v) is 8.53. The fourth-order valence-electron chi connectivity index (χ4n) is 2.18. The van der Waals surface area contributed by atoms with Gasteiger partial charge in [0.15, 0.2) is 0 Å². The van der Waals surface area contributed by atoms with Gasteiger partial charge in [-0.25, -0.2) is 0 Å². The fourth-order valence-corrected chi connectivity index (χ4v) is 2.18. The van der Waals surface area contributed by atoms with Crippen LogP contribution in [-0.4, -0.2) is 11.5 Å². The molecule has 0 radical (unpaired) electrons. The van der Waals surface area contributed by atoms with Crippen LogP contribution < -0.4 is 5.32 Å². The van der Waals surface area contributed by atoms with E-state index < -0.39 is 0 Å². The number of nitrogens with one attached hydrogen (secondary N) is 2. The summed E-state index contributed by atoms with van der Waals surface area (Å²) in [7, 11) is 0. The maximum Gasteiger partial charge on any atom is 0.0456 e. The highest BCUT2D eigenvalue weighted by Gasteiger charge is 2.10. The Balaban J connectivity index is 2.02. The smallest absolute Gasteiger partial charge is 0.0456 e. The number of hydrogen-bond donors (Lipinski definition) is 2. The van der Waals surface area contributed by atoms with E-state index in [4.69, 9.17) is 0 Å². The van der Waals surface area contributed by atoms with E-state index in [1.807, 2.05) is 6.20 Å². The number of H-pyrrole nitrogens is 1. The summed E-state index contributed by atoms with van der Waals surface area (Å²) in [5.74, 6) is 0.568. The lowest BCUT2D eigenvalue weighted by molar-refractivity contribution is 0.658. The van der Waals surface area contributed by atoms with E-state index in [0.717, 1.165) is 6.54 Å². The molecule has 76 valence electrons. The largest absolute Gasteiger partial charge is 0.391 e. The SMILES string of the molecule is C1=CC(c2ccc3cc[nH]c3c2)CCN1. The molecule has 0 fully saturated rings. The third kappa shape index (κ3) is 1.52. The molecule has 2 aromatic rings. The van der Waals surface area contributed by atoms with Crippen LogP contribution in [0, 0.1) is 0 Å². The molecule has 1 aromatic carbocycles. The van der Waals surface area contributed by atoms with Crippen molar-refractivity contribution < 1.29 is 0 Å². The minimum Gasteiger partial charge on any atom is -0.391 e. The van der Waals surface area contributed by atoms with Gasteiger partial charge in [0, 0.05) is 24.2 Å². The van der Waals surface area contributed by atoms with E-state index in [0.29, 0.717) is 5.92 Å². The van der Waals surface area contributed by atoms with Crippen molar-refractivity contribution in [2.45, 2.75) is 12.3 Å². The maximum absolute atomic E-state index is 3.26. The zero-order chi connectivity index (χ0) is 10.1. The first-order valence-corrected chi connectivity index (χ1v) is 5.40. The predicted octanol–water partition coefficient (Wildman–Crippen LogP) is 2.76. The quantitative estimate of drug-likeness (QED) is 0.724. The molecule has 2 N–H and O–H groups in total. The lowest BCUT2D eigenvalue weighted by atomic mass is 9.93. The number of allylic oxidation sites excluding steroid dienone is 1. The Kier molecular flexibility index (Phi) is 1.98. The molecule has 0 aliphatic carbocycles. The Labute approximate surface area is 89.0 Å². The minimum absolute atomic E-state index is 0.568. The van der Waals surface area contributed by atoms with Crippen molar-refractivity contribution in [3.8, 4) is 0 Å². The van der Waals surface area contributed by atoms with E-state index >= 15 is 0 Å². The first kappa shape index (κ1) is 8.60. The van der Waals surface area contributed by atoms with E-state index in [1.54, 1.807) is 0 Å². The van der Waals surface area contributed by atoms with Gasteiger partial charge in [0.25, 0.3) is 0 Å². The standard InChI is InChI=1S/C13H14N2/c1-2-12(10-3-6-14-7-4-10)9-13-11(1)5-8-15-13/h1-3,5-6,8-10,14-15H,4,7H2. The molecule has 1 atom stereocenters. The Morgan fingerprint density at radius 1 is 1.20 bits per heavy atom. The summed E-state index contributed by atoms with van der Waals surface area (Å²) in [4.78, 5) is 3.26. The molecule has 15 heavy (non-hydrogen) atoms. The van der Waals surface area contributed by atoms with Crippen LogP contribution in [0.2, 0.25) is 0 Å². The van der Waals surface area contributed by atoms with Crippen LogP contribution in [0.25, 0.3) is 10.9 Å². The Morgan fingerprint density at radius 2 is 2.20 bits per heavy atom. The molecule has 1 aliphatic rings. The molecule has 2 heterocycles. The number of fused-ring (bicyclic) bond motifs is 1. The van der Waals surface area contributed by atoms with Crippen LogP contribution in [0.15, 0.2) is 42.7 Å². The molecule has 2 heteroatoms. The first-order chi connectivity index (χ1) is 7.43. The van der Waals surface area contributed by atoms with Crippen molar-refractivity contribution in [2.24, 2.45) is 0 Å². The van der Waals surface area contributed by atoms with Crippen molar-refractivity contribution in [2.75, 3.05) is 6.54 Å². The summed E-state index contributed by atoms with van der Waals surface area (Å²) < 4.78 is 0. The van der Waals surface area contributed by atoms with Crippen molar-refractivity contribution in [3.63, 3.8) is 0 Å². The summed E-state index contributed by atoms with van der Waals surface area (Å²) in [6.07, 6.45) is 7.48. The Bertz CT molecular complexity index is 496. The van der Waals surface area contributed by atoms with Gasteiger partial charge in [-0.1, -0.05) is 18.2 Å². The monoisotopic (exact) mass is 198 g/mol. The molecular weight excluding hydrogens is 184 g/mol. The maximum atomic E-state index is 3.26. The average molecular weight is 198 g/mol. The van der Waals surface area contributed by atoms with Gasteiger partial charge < -0.3 is 10.3 Å². The lowest BCUT2D eigenvalue weighted by Crippen LogP contribution is -2.15. The van der Waals surface area contributed by atoms with Gasteiger partial charge in [0.1, 0.15) is 0 Å². The summed E-state index contributed by atoms with van der Waals surface area (Å²) in [5.41, 5.74) is 2.64. The minimum atomic E-state index is 0.568. The number of aromatic nitrogens is 1. The Morgan fingerprint density at radius 3 is 3.07 bits per heavy atom. The fraction of sp³-hybridized carbons (Fsp3) is 0.231. The van der Waals surface area contributed by atoms with Gasteiger partial charge >= 0.3 is 0 Å². The summed E-state index contributed by atoms with van der Waals surface area (Å²) in [6.45, 7) is 1.07. The van der Waals surface area contributed by atoms with Crippen LogP contribution in [0.1, 0.15) is 17.9 Å². The number of aromatic amines is 1. The van der Waals surface area contributed by atoms with Crippen LogP contribution in [0.4, 0.5) is 0 Å². The lowest BCUT2D eigenvalue weighted by Gasteiger charge is -2.17. The topological polar surface area (TPSA) is 27.8 Å². The molecule has 0 spiro atoms. The molecular formula is C13H14N2. The van der Waals surface area contributed by atoms with Crippen LogP contribution >= 0.6 is 0 Å². The highest BCUT2D eigenvalue weighted by molar-refractivity contribution is 5.80. The molecule has 3 rings (SSSR count). The normalized spacial score (nSPS) is 20.4. The van der Waals surface area contributed by atoms with E-state index in [2.05, 4.69) is 46.8 Å².